The molecule has 2 heterocycles. The SMILES string of the molecule is CC1=C2C3=CC(=O)O[C@H]2C#C/C=C\C#C[C@]3(C)CC12OCCO2. The molecule has 0 N–H and O–H groups in total. The lowest BCUT2D eigenvalue weighted by Gasteiger charge is -2.45. The van der Waals surface area contributed by atoms with E-state index in [1.165, 1.54) is 0 Å². The Bertz CT molecular complexity index is 800. The summed E-state index contributed by atoms with van der Waals surface area (Å²) in [6, 6.07) is 0. The first-order chi connectivity index (χ1) is 11.0. The molecule has 0 radical (unpaired) electrons. The van der Waals surface area contributed by atoms with Crippen molar-refractivity contribution >= 4 is 5.97 Å². The van der Waals surface area contributed by atoms with Gasteiger partial charge in [0.05, 0.1) is 18.6 Å². The second-order valence-corrected chi connectivity index (χ2v) is 6.26. The van der Waals surface area contributed by atoms with Crippen LogP contribution in [0.25, 0.3) is 0 Å². The summed E-state index contributed by atoms with van der Waals surface area (Å²) >= 11 is 0. The molecule has 1 spiro atoms. The summed E-state index contributed by atoms with van der Waals surface area (Å²) in [4.78, 5) is 12.0. The van der Waals surface area contributed by atoms with E-state index in [1.54, 1.807) is 18.2 Å². The molecule has 0 saturated carbocycles. The van der Waals surface area contributed by atoms with Crippen LogP contribution in [0.2, 0.25) is 0 Å². The van der Waals surface area contributed by atoms with Crippen LogP contribution >= 0.6 is 0 Å². The molecule has 0 unspecified atom stereocenters. The van der Waals surface area contributed by atoms with Gasteiger partial charge in [-0.1, -0.05) is 17.8 Å². The molecule has 4 heteroatoms. The predicted octanol–water partition coefficient (Wildman–Crippen LogP) is 1.88. The van der Waals surface area contributed by atoms with Crippen molar-refractivity contribution in [2.45, 2.75) is 32.2 Å². The molecule has 2 aliphatic carbocycles. The van der Waals surface area contributed by atoms with Crippen molar-refractivity contribution in [1.29, 1.82) is 0 Å². The van der Waals surface area contributed by atoms with Crippen molar-refractivity contribution in [3.8, 4) is 23.7 Å². The van der Waals surface area contributed by atoms with E-state index in [1.807, 2.05) is 13.8 Å². The number of hydrogen-bond acceptors (Lipinski definition) is 4. The van der Waals surface area contributed by atoms with Crippen LogP contribution in [-0.2, 0) is 19.0 Å². The van der Waals surface area contributed by atoms with Gasteiger partial charge in [0.2, 0.25) is 0 Å². The summed E-state index contributed by atoms with van der Waals surface area (Å²) in [5.74, 6) is 11.0. The van der Waals surface area contributed by atoms with E-state index in [2.05, 4.69) is 23.7 Å². The molecular formula is C19H16O4. The van der Waals surface area contributed by atoms with Crippen LogP contribution in [0.3, 0.4) is 0 Å². The fraction of sp³-hybridized carbons (Fsp3) is 0.421. The Morgan fingerprint density at radius 2 is 1.96 bits per heavy atom. The van der Waals surface area contributed by atoms with Crippen molar-refractivity contribution in [2.75, 3.05) is 13.2 Å². The molecule has 2 atom stereocenters. The number of allylic oxidation sites excluding steroid dienone is 2. The quantitative estimate of drug-likeness (QED) is 0.506. The van der Waals surface area contributed by atoms with Crippen molar-refractivity contribution in [3.05, 3.63) is 34.9 Å². The van der Waals surface area contributed by atoms with Crippen molar-refractivity contribution in [2.24, 2.45) is 5.41 Å². The minimum atomic E-state index is -0.803. The van der Waals surface area contributed by atoms with E-state index < -0.39 is 17.3 Å². The molecule has 4 aliphatic rings. The maximum absolute atomic E-state index is 12.0. The highest BCUT2D eigenvalue weighted by atomic mass is 16.7. The van der Waals surface area contributed by atoms with Crippen molar-refractivity contribution in [1.82, 2.24) is 0 Å². The summed E-state index contributed by atoms with van der Waals surface area (Å²) in [6.45, 7) is 5.08. The van der Waals surface area contributed by atoms with Crippen LogP contribution in [0.15, 0.2) is 34.9 Å². The number of esters is 1. The third kappa shape index (κ3) is 2.07. The first kappa shape index (κ1) is 14.3. The molecule has 0 aromatic heterocycles. The molecule has 1 saturated heterocycles. The molecule has 0 amide bonds. The topological polar surface area (TPSA) is 44.8 Å². The highest BCUT2D eigenvalue weighted by Crippen LogP contribution is 2.53. The smallest absolute Gasteiger partial charge is 0.332 e. The predicted molar refractivity (Wildman–Crippen MR) is 82.7 cm³/mol. The summed E-state index contributed by atoms with van der Waals surface area (Å²) in [5.41, 5.74) is 2.12. The average molecular weight is 308 g/mol. The molecule has 4 rings (SSSR count). The van der Waals surface area contributed by atoms with Gasteiger partial charge in [-0.15, -0.1) is 0 Å². The summed E-state index contributed by atoms with van der Waals surface area (Å²) in [5, 5.41) is 0. The third-order valence-corrected chi connectivity index (χ3v) is 4.77. The van der Waals surface area contributed by atoms with Gasteiger partial charge in [0, 0.05) is 18.1 Å². The van der Waals surface area contributed by atoms with Crippen LogP contribution in [0.5, 0.6) is 0 Å². The Morgan fingerprint density at radius 1 is 1.22 bits per heavy atom. The van der Waals surface area contributed by atoms with E-state index in [9.17, 15) is 4.79 Å². The average Bonchev–Trinajstić information content (AvgIpc) is 2.97. The zero-order valence-electron chi connectivity index (χ0n) is 13.1. The van der Waals surface area contributed by atoms with Gasteiger partial charge in [-0.2, -0.15) is 0 Å². The van der Waals surface area contributed by atoms with Gasteiger partial charge in [-0.05, 0) is 43.1 Å². The molecule has 0 aromatic carbocycles. The monoisotopic (exact) mass is 308 g/mol. The lowest BCUT2D eigenvalue weighted by molar-refractivity contribution is -0.151. The molecule has 0 aromatic rings. The summed E-state index contributed by atoms with van der Waals surface area (Å²) in [7, 11) is 0. The first-order valence-corrected chi connectivity index (χ1v) is 7.65. The molecule has 4 nitrogen and oxygen atoms in total. The van der Waals surface area contributed by atoms with Crippen LogP contribution in [0.4, 0.5) is 0 Å². The molecule has 1 fully saturated rings. The van der Waals surface area contributed by atoms with Gasteiger partial charge >= 0.3 is 5.97 Å². The lowest BCUT2D eigenvalue weighted by Crippen LogP contribution is -2.47. The van der Waals surface area contributed by atoms with E-state index in [4.69, 9.17) is 14.2 Å². The van der Waals surface area contributed by atoms with E-state index in [0.29, 0.717) is 19.6 Å². The number of ether oxygens (including phenoxy) is 3. The number of rotatable bonds is 0. The molecule has 2 aliphatic heterocycles. The zero-order valence-corrected chi connectivity index (χ0v) is 13.1. The Kier molecular flexibility index (Phi) is 3.03. The van der Waals surface area contributed by atoms with Gasteiger partial charge < -0.3 is 14.2 Å². The van der Waals surface area contributed by atoms with Gasteiger partial charge in [-0.3, -0.25) is 0 Å². The lowest BCUT2D eigenvalue weighted by atomic mass is 9.65. The van der Waals surface area contributed by atoms with E-state index in [-0.39, 0.29) is 5.97 Å². The maximum atomic E-state index is 12.0. The highest BCUT2D eigenvalue weighted by molar-refractivity contribution is 5.87. The molecule has 23 heavy (non-hydrogen) atoms. The van der Waals surface area contributed by atoms with Crippen LogP contribution in [-0.4, -0.2) is 31.1 Å². The summed E-state index contributed by atoms with van der Waals surface area (Å²) < 4.78 is 17.4. The van der Waals surface area contributed by atoms with Crippen LogP contribution < -0.4 is 0 Å². The van der Waals surface area contributed by atoms with Crippen molar-refractivity contribution < 1.29 is 19.0 Å². The number of carbonyl (C=O) groups excluding carboxylic acids is 1. The zero-order chi connectivity index (χ0) is 16.1. The Balaban J connectivity index is 2.03. The van der Waals surface area contributed by atoms with Gasteiger partial charge in [0.15, 0.2) is 11.9 Å². The second-order valence-electron chi connectivity index (χ2n) is 6.26. The normalized spacial score (nSPS) is 34.6. The highest BCUT2D eigenvalue weighted by Gasteiger charge is 2.54. The number of carbonyl (C=O) groups is 1. The molecular weight excluding hydrogens is 292 g/mol. The third-order valence-electron chi connectivity index (χ3n) is 4.77. The molecule has 116 valence electrons. The second kappa shape index (κ2) is 4.86. The van der Waals surface area contributed by atoms with Crippen molar-refractivity contribution in [3.63, 3.8) is 0 Å². The Morgan fingerprint density at radius 3 is 2.74 bits per heavy atom. The van der Waals surface area contributed by atoms with Gasteiger partial charge in [0.25, 0.3) is 0 Å². The standard InChI is InChI=1S/C19H16O4/c1-13-17-14-11-16(20)23-15(17)7-5-3-4-6-8-18(14,2)12-19(13)21-9-10-22-19/h3-4,11,15H,9-10,12H2,1-2H3/b4-3-/t15-,18+/m0/s1. The largest absolute Gasteiger partial charge is 0.441 e. The molecule has 4 bridgehead atoms. The fourth-order valence-corrected chi connectivity index (χ4v) is 3.69. The van der Waals surface area contributed by atoms with E-state index >= 15 is 0 Å². The summed E-state index contributed by atoms with van der Waals surface area (Å²) in [6.07, 6.45) is 4.87. The number of hydrogen-bond donors (Lipinski definition) is 0. The fourth-order valence-electron chi connectivity index (χ4n) is 3.69. The van der Waals surface area contributed by atoms with Crippen LogP contribution in [0, 0.1) is 29.1 Å². The maximum Gasteiger partial charge on any atom is 0.332 e. The van der Waals surface area contributed by atoms with Crippen LogP contribution in [0.1, 0.15) is 20.3 Å². The first-order valence-electron chi connectivity index (χ1n) is 7.65. The Labute approximate surface area is 135 Å². The Hall–Kier alpha value is -2.27. The van der Waals surface area contributed by atoms with E-state index in [0.717, 1.165) is 16.7 Å². The minimum Gasteiger partial charge on any atom is -0.441 e. The van der Waals surface area contributed by atoms with Gasteiger partial charge in [-0.25, -0.2) is 4.79 Å². The van der Waals surface area contributed by atoms with Gasteiger partial charge in [0.1, 0.15) is 0 Å². The minimum absolute atomic E-state index is 0.377.